The van der Waals surface area contributed by atoms with Crippen molar-refractivity contribution in [2.45, 2.75) is 26.0 Å². The summed E-state index contributed by atoms with van der Waals surface area (Å²) in [6.07, 6.45) is 0.690. The minimum absolute atomic E-state index is 0.0609. The number of benzene rings is 2. The van der Waals surface area contributed by atoms with Crippen LogP contribution in [0.1, 0.15) is 5.56 Å². The van der Waals surface area contributed by atoms with Gasteiger partial charge in [-0.1, -0.05) is 30.0 Å². The first-order valence-electron chi connectivity index (χ1n) is 6.66. The van der Waals surface area contributed by atoms with E-state index in [9.17, 15) is 5.11 Å². The van der Waals surface area contributed by atoms with Crippen LogP contribution >= 0.6 is 11.8 Å². The molecule has 1 aliphatic heterocycles. The second kappa shape index (κ2) is 6.22. The summed E-state index contributed by atoms with van der Waals surface area (Å²) in [5, 5.41) is 18.5. The lowest BCUT2D eigenvalue weighted by atomic mass is 10.2. The summed E-state index contributed by atoms with van der Waals surface area (Å²) in [6, 6.07) is 14.9. The maximum atomic E-state index is 9.40. The Hall–Kier alpha value is -0.940. The quantitative estimate of drug-likeness (QED) is 0.853. The summed E-state index contributed by atoms with van der Waals surface area (Å²) in [6.45, 7) is 0.377. The molecule has 2 N–H and O–H groups in total. The molecule has 4 heteroatoms. The Morgan fingerprint density at radius 3 is 2.50 bits per heavy atom. The van der Waals surface area contributed by atoms with E-state index in [0.29, 0.717) is 6.42 Å². The van der Waals surface area contributed by atoms with Gasteiger partial charge in [0.25, 0.3) is 0 Å². The average Bonchev–Trinajstić information content (AvgIpc) is 2.48. The second-order valence-electron chi connectivity index (χ2n) is 4.62. The summed E-state index contributed by atoms with van der Waals surface area (Å²) in [5.41, 5.74) is 1.17. The van der Waals surface area contributed by atoms with Gasteiger partial charge in [0.05, 0.1) is 27.3 Å². The third kappa shape index (κ3) is 2.61. The van der Waals surface area contributed by atoms with Crippen molar-refractivity contribution >= 4 is 22.7 Å². The van der Waals surface area contributed by atoms with E-state index in [-0.39, 0.29) is 24.1 Å². The van der Waals surface area contributed by atoms with E-state index >= 15 is 0 Å². The smallest absolute Gasteiger partial charge is 0.174 e. The summed E-state index contributed by atoms with van der Waals surface area (Å²) in [5.74, 6) is 0.771. The fraction of sp³-hybridized carbons (Fsp3) is 0.250. The standard InChI is InChI=1S/C16H17O2S2/c17-8-7-12-5-6-14-16(11-12)20(10-9-18)15-4-2-1-3-13(15)19-14/h1-6,11,17-18H,7-10H2/q+1. The molecule has 0 aromatic heterocycles. The van der Waals surface area contributed by atoms with Crippen LogP contribution in [-0.2, 0) is 17.3 Å². The molecule has 20 heavy (non-hydrogen) atoms. The van der Waals surface area contributed by atoms with Crippen LogP contribution in [0.5, 0.6) is 0 Å². The molecule has 3 rings (SSSR count). The first kappa shape index (κ1) is 14.0. The highest BCUT2D eigenvalue weighted by Crippen LogP contribution is 2.45. The van der Waals surface area contributed by atoms with Gasteiger partial charge in [-0.05, 0) is 36.2 Å². The first-order chi connectivity index (χ1) is 9.83. The molecule has 2 aromatic rings. The van der Waals surface area contributed by atoms with Gasteiger partial charge in [-0.2, -0.15) is 0 Å². The van der Waals surface area contributed by atoms with E-state index in [0.717, 1.165) is 5.75 Å². The van der Waals surface area contributed by atoms with E-state index in [1.165, 1.54) is 25.1 Å². The van der Waals surface area contributed by atoms with Crippen LogP contribution in [0.2, 0.25) is 0 Å². The lowest BCUT2D eigenvalue weighted by molar-refractivity contribution is 0.299. The number of aliphatic hydroxyl groups excluding tert-OH is 2. The lowest BCUT2D eigenvalue weighted by Crippen LogP contribution is -2.16. The Kier molecular flexibility index (Phi) is 4.36. The van der Waals surface area contributed by atoms with Crippen molar-refractivity contribution in [1.82, 2.24) is 0 Å². The zero-order valence-corrected chi connectivity index (χ0v) is 12.7. The second-order valence-corrected chi connectivity index (χ2v) is 7.78. The molecule has 0 amide bonds. The van der Waals surface area contributed by atoms with Gasteiger partial charge in [0.1, 0.15) is 5.75 Å². The molecule has 2 nitrogen and oxygen atoms in total. The molecule has 1 atom stereocenters. The molecule has 104 valence electrons. The van der Waals surface area contributed by atoms with Crippen LogP contribution < -0.4 is 0 Å². The van der Waals surface area contributed by atoms with E-state index in [1.807, 2.05) is 0 Å². The van der Waals surface area contributed by atoms with Gasteiger partial charge in [0, 0.05) is 6.61 Å². The molecular weight excluding hydrogens is 288 g/mol. The molecule has 0 saturated heterocycles. The Balaban J connectivity index is 2.06. The maximum absolute atomic E-state index is 9.40. The summed E-state index contributed by atoms with van der Waals surface area (Å²) in [7, 11) is -0.0609. The zero-order chi connectivity index (χ0) is 13.9. The van der Waals surface area contributed by atoms with Gasteiger partial charge in [-0.3, -0.25) is 0 Å². The van der Waals surface area contributed by atoms with Crippen molar-refractivity contribution in [3.8, 4) is 0 Å². The predicted octanol–water partition coefficient (Wildman–Crippen LogP) is 2.71. The highest BCUT2D eigenvalue weighted by atomic mass is 32.2. The Morgan fingerprint density at radius 2 is 1.70 bits per heavy atom. The molecule has 0 spiro atoms. The monoisotopic (exact) mass is 305 g/mol. The topological polar surface area (TPSA) is 40.5 Å². The van der Waals surface area contributed by atoms with Crippen LogP contribution in [0.4, 0.5) is 0 Å². The van der Waals surface area contributed by atoms with Gasteiger partial charge in [0.2, 0.25) is 0 Å². The fourth-order valence-corrected chi connectivity index (χ4v) is 6.12. The zero-order valence-electron chi connectivity index (χ0n) is 11.1. The maximum Gasteiger partial charge on any atom is 0.174 e. The van der Waals surface area contributed by atoms with Crippen LogP contribution in [0.25, 0.3) is 0 Å². The third-order valence-corrected chi connectivity index (χ3v) is 7.06. The molecule has 0 fully saturated rings. The van der Waals surface area contributed by atoms with Crippen LogP contribution in [0, 0.1) is 0 Å². The molecule has 0 bridgehead atoms. The minimum atomic E-state index is -0.0609. The predicted molar refractivity (Wildman–Crippen MR) is 83.6 cm³/mol. The summed E-state index contributed by atoms with van der Waals surface area (Å²) < 4.78 is 0. The van der Waals surface area contributed by atoms with Crippen molar-refractivity contribution in [3.63, 3.8) is 0 Å². The molecule has 0 aliphatic carbocycles. The molecule has 1 heterocycles. The molecule has 0 radical (unpaired) electrons. The average molecular weight is 305 g/mol. The molecule has 2 aromatic carbocycles. The summed E-state index contributed by atoms with van der Waals surface area (Å²) in [4.78, 5) is 5.22. The van der Waals surface area contributed by atoms with E-state index in [2.05, 4.69) is 42.5 Å². The highest BCUT2D eigenvalue weighted by Gasteiger charge is 2.35. The normalized spacial score (nSPS) is 16.6. The van der Waals surface area contributed by atoms with Gasteiger partial charge in [0.15, 0.2) is 9.79 Å². The van der Waals surface area contributed by atoms with Gasteiger partial charge in [-0.25, -0.2) is 0 Å². The van der Waals surface area contributed by atoms with Crippen LogP contribution in [-0.4, -0.2) is 29.2 Å². The lowest BCUT2D eigenvalue weighted by Gasteiger charge is -2.19. The molecule has 0 saturated carbocycles. The number of hydrogen-bond acceptors (Lipinski definition) is 3. The number of fused-ring (bicyclic) bond motifs is 2. The Morgan fingerprint density at radius 1 is 0.900 bits per heavy atom. The van der Waals surface area contributed by atoms with Gasteiger partial charge in [-0.15, -0.1) is 0 Å². The van der Waals surface area contributed by atoms with E-state index < -0.39 is 0 Å². The third-order valence-electron chi connectivity index (χ3n) is 3.30. The highest BCUT2D eigenvalue weighted by molar-refractivity contribution is 8.04. The summed E-state index contributed by atoms with van der Waals surface area (Å²) >= 11 is 1.80. The Labute approximate surface area is 126 Å². The fourth-order valence-electron chi connectivity index (χ4n) is 2.40. The molecule has 1 unspecified atom stereocenters. The Bertz CT molecular complexity index is 613. The van der Waals surface area contributed by atoms with Crippen molar-refractivity contribution in [2.75, 3.05) is 19.0 Å². The van der Waals surface area contributed by atoms with Crippen molar-refractivity contribution < 1.29 is 10.2 Å². The molecular formula is C16H17O2S2+. The van der Waals surface area contributed by atoms with Gasteiger partial charge < -0.3 is 10.2 Å². The van der Waals surface area contributed by atoms with E-state index in [1.54, 1.807) is 11.8 Å². The largest absolute Gasteiger partial charge is 0.396 e. The number of hydrogen-bond donors (Lipinski definition) is 2. The molecule has 1 aliphatic rings. The van der Waals surface area contributed by atoms with Crippen molar-refractivity contribution in [3.05, 3.63) is 48.0 Å². The SMILES string of the molecule is OCCc1ccc2c(c1)[S+](CCO)c1ccccc1S2. The number of aliphatic hydroxyl groups is 2. The van der Waals surface area contributed by atoms with Gasteiger partial charge >= 0.3 is 0 Å². The minimum Gasteiger partial charge on any atom is -0.396 e. The van der Waals surface area contributed by atoms with E-state index in [4.69, 9.17) is 5.11 Å². The van der Waals surface area contributed by atoms with Crippen LogP contribution in [0.15, 0.2) is 62.0 Å². The first-order valence-corrected chi connectivity index (χ1v) is 8.87. The van der Waals surface area contributed by atoms with Crippen molar-refractivity contribution in [2.24, 2.45) is 0 Å². The van der Waals surface area contributed by atoms with Crippen molar-refractivity contribution in [1.29, 1.82) is 0 Å². The number of rotatable bonds is 4. The van der Waals surface area contributed by atoms with Crippen LogP contribution in [0.3, 0.4) is 0 Å².